The second-order valence-corrected chi connectivity index (χ2v) is 8.10. The fraction of sp³-hybridized carbons (Fsp3) is 0.130. The van der Waals surface area contributed by atoms with Crippen molar-refractivity contribution in [1.29, 1.82) is 0 Å². The van der Waals surface area contributed by atoms with E-state index in [0.717, 1.165) is 27.4 Å². The van der Waals surface area contributed by atoms with Crippen LogP contribution in [0.2, 0.25) is 5.02 Å². The highest BCUT2D eigenvalue weighted by Crippen LogP contribution is 2.23. The van der Waals surface area contributed by atoms with Crippen molar-refractivity contribution in [3.8, 4) is 16.9 Å². The highest BCUT2D eigenvalue weighted by molar-refractivity contribution is 7.07. The molecule has 4 rings (SSSR count). The maximum Gasteiger partial charge on any atom is 0.297 e. The molecule has 0 aliphatic carbocycles. The zero-order valence-corrected chi connectivity index (χ0v) is 18.3. The molecule has 0 unspecified atom stereocenters. The van der Waals surface area contributed by atoms with Gasteiger partial charge >= 0.3 is 0 Å². The monoisotopic (exact) mass is 436 g/mol. The first kappa shape index (κ1) is 20.2. The van der Waals surface area contributed by atoms with Gasteiger partial charge in [-0.3, -0.25) is 9.48 Å². The van der Waals surface area contributed by atoms with Crippen LogP contribution in [0.3, 0.4) is 0 Å². The second kappa shape index (κ2) is 8.34. The van der Waals surface area contributed by atoms with Gasteiger partial charge in [0.1, 0.15) is 0 Å². The fourth-order valence-electron chi connectivity index (χ4n) is 3.35. The smallest absolute Gasteiger partial charge is 0.297 e. The van der Waals surface area contributed by atoms with Crippen molar-refractivity contribution in [3.05, 3.63) is 98.5 Å². The van der Waals surface area contributed by atoms with Crippen LogP contribution in [0.5, 0.6) is 0 Å². The summed E-state index contributed by atoms with van der Waals surface area (Å²) in [7, 11) is 1.87. The summed E-state index contributed by atoms with van der Waals surface area (Å²) in [5, 5.41) is 2.73. The molecule has 2 aromatic heterocycles. The molecular formula is C23H21ClN4OS. The number of thiazole rings is 1. The van der Waals surface area contributed by atoms with Crippen molar-refractivity contribution < 1.29 is 0 Å². The molecule has 0 N–H and O–H groups in total. The first-order chi connectivity index (χ1) is 14.5. The molecule has 0 atom stereocenters. The number of allylic oxidation sites excluding steroid dienone is 1. The molecule has 5 nitrogen and oxygen atoms in total. The number of halogens is 1. The predicted molar refractivity (Wildman–Crippen MR) is 124 cm³/mol. The van der Waals surface area contributed by atoms with Gasteiger partial charge in [-0.1, -0.05) is 48.0 Å². The lowest BCUT2D eigenvalue weighted by atomic mass is 10.2. The summed E-state index contributed by atoms with van der Waals surface area (Å²) in [5.74, 6) is 0. The SMILES string of the molecule is C=CCn1c(-c2ccc(Cl)cc2)csc1=Nc1c(C)n(C)n(-c2ccccc2)c1=O. The minimum Gasteiger partial charge on any atom is -0.313 e. The summed E-state index contributed by atoms with van der Waals surface area (Å²) in [4.78, 5) is 18.7. The van der Waals surface area contributed by atoms with Gasteiger partial charge in [0.25, 0.3) is 5.56 Å². The minimum atomic E-state index is -0.146. The average Bonchev–Trinajstić information content (AvgIpc) is 3.24. The Bertz CT molecular complexity index is 1320. The molecular weight excluding hydrogens is 416 g/mol. The number of hydrogen-bond acceptors (Lipinski definition) is 3. The van der Waals surface area contributed by atoms with Crippen LogP contribution in [0.15, 0.2) is 82.4 Å². The fourth-order valence-corrected chi connectivity index (χ4v) is 4.40. The Kier molecular flexibility index (Phi) is 5.61. The number of benzene rings is 2. The van der Waals surface area contributed by atoms with Gasteiger partial charge in [-0.25, -0.2) is 9.67 Å². The van der Waals surface area contributed by atoms with Crippen LogP contribution < -0.4 is 10.4 Å². The van der Waals surface area contributed by atoms with Crippen molar-refractivity contribution >= 4 is 28.6 Å². The van der Waals surface area contributed by atoms with E-state index in [1.54, 1.807) is 4.68 Å². The van der Waals surface area contributed by atoms with Crippen LogP contribution in [0.25, 0.3) is 16.9 Å². The van der Waals surface area contributed by atoms with Crippen molar-refractivity contribution in [2.45, 2.75) is 13.5 Å². The third-order valence-corrected chi connectivity index (χ3v) is 6.10. The summed E-state index contributed by atoms with van der Waals surface area (Å²) in [5.41, 5.74) is 3.94. The quantitative estimate of drug-likeness (QED) is 0.402. The first-order valence-corrected chi connectivity index (χ1v) is 10.7. The van der Waals surface area contributed by atoms with Crippen LogP contribution in [0, 0.1) is 6.92 Å². The van der Waals surface area contributed by atoms with E-state index in [1.165, 1.54) is 11.3 Å². The topological polar surface area (TPSA) is 44.2 Å². The Morgan fingerprint density at radius 3 is 2.50 bits per heavy atom. The highest BCUT2D eigenvalue weighted by Gasteiger charge is 2.16. The Morgan fingerprint density at radius 2 is 1.83 bits per heavy atom. The number of para-hydroxylation sites is 1. The molecule has 0 radical (unpaired) electrons. The molecule has 0 bridgehead atoms. The normalized spacial score (nSPS) is 11.8. The van der Waals surface area contributed by atoms with Crippen molar-refractivity contribution in [1.82, 2.24) is 13.9 Å². The Balaban J connectivity index is 1.90. The third kappa shape index (κ3) is 3.60. The van der Waals surface area contributed by atoms with E-state index in [2.05, 4.69) is 11.1 Å². The molecule has 0 saturated carbocycles. The van der Waals surface area contributed by atoms with E-state index in [4.69, 9.17) is 16.6 Å². The van der Waals surface area contributed by atoms with Crippen molar-refractivity contribution in [2.24, 2.45) is 12.0 Å². The molecule has 4 aromatic rings. The number of hydrogen-bond donors (Lipinski definition) is 0. The van der Waals surface area contributed by atoms with E-state index in [1.807, 2.05) is 84.7 Å². The number of rotatable bonds is 5. The third-order valence-electron chi connectivity index (χ3n) is 4.98. The van der Waals surface area contributed by atoms with Gasteiger partial charge in [-0.05, 0) is 36.8 Å². The van der Waals surface area contributed by atoms with E-state index < -0.39 is 0 Å². The highest BCUT2D eigenvalue weighted by atomic mass is 35.5. The molecule has 0 aliphatic heterocycles. The Labute approximate surface area is 183 Å². The van der Waals surface area contributed by atoms with E-state index in [9.17, 15) is 4.79 Å². The lowest BCUT2D eigenvalue weighted by Crippen LogP contribution is -2.20. The van der Waals surface area contributed by atoms with Crippen molar-refractivity contribution in [2.75, 3.05) is 0 Å². The molecule has 30 heavy (non-hydrogen) atoms. The predicted octanol–water partition coefficient (Wildman–Crippen LogP) is 5.09. The van der Waals surface area contributed by atoms with Crippen LogP contribution >= 0.6 is 22.9 Å². The molecule has 0 aliphatic rings. The van der Waals surface area contributed by atoms with Gasteiger partial charge in [-0.15, -0.1) is 17.9 Å². The molecule has 2 aromatic carbocycles. The lowest BCUT2D eigenvalue weighted by Gasteiger charge is -2.07. The zero-order valence-electron chi connectivity index (χ0n) is 16.7. The molecule has 2 heterocycles. The minimum absolute atomic E-state index is 0.146. The molecule has 0 fully saturated rings. The average molecular weight is 437 g/mol. The Morgan fingerprint density at radius 1 is 1.13 bits per heavy atom. The van der Waals surface area contributed by atoms with E-state index in [0.29, 0.717) is 17.3 Å². The largest absolute Gasteiger partial charge is 0.313 e. The number of nitrogens with zero attached hydrogens (tertiary/aromatic N) is 4. The standard InChI is InChI=1S/C23H21ClN4OS/c1-4-14-27-20(17-10-12-18(24)13-11-17)15-30-23(27)25-21-16(2)26(3)28(22(21)29)19-8-6-5-7-9-19/h4-13,15H,1,14H2,2-3H3. The van der Waals surface area contributed by atoms with Gasteiger partial charge in [0.15, 0.2) is 10.5 Å². The van der Waals surface area contributed by atoms with Gasteiger partial charge in [0.2, 0.25) is 0 Å². The van der Waals surface area contributed by atoms with E-state index >= 15 is 0 Å². The lowest BCUT2D eigenvalue weighted by molar-refractivity contribution is 0.630. The molecule has 7 heteroatoms. The van der Waals surface area contributed by atoms with Gasteiger partial charge in [0.05, 0.1) is 17.1 Å². The van der Waals surface area contributed by atoms with Crippen molar-refractivity contribution in [3.63, 3.8) is 0 Å². The summed E-state index contributed by atoms with van der Waals surface area (Å²) >= 11 is 7.53. The molecule has 0 saturated heterocycles. The van der Waals surface area contributed by atoms with E-state index in [-0.39, 0.29) is 5.56 Å². The molecule has 0 amide bonds. The number of aromatic nitrogens is 3. The maximum atomic E-state index is 13.2. The van der Waals surface area contributed by atoms with Crippen LogP contribution in [0.4, 0.5) is 5.69 Å². The van der Waals surface area contributed by atoms with Gasteiger partial charge < -0.3 is 4.57 Å². The summed E-state index contributed by atoms with van der Waals surface area (Å²) in [6.45, 7) is 6.37. The first-order valence-electron chi connectivity index (χ1n) is 9.45. The van der Waals surface area contributed by atoms with Gasteiger partial charge in [0, 0.05) is 24.0 Å². The maximum absolute atomic E-state index is 13.2. The second-order valence-electron chi connectivity index (χ2n) is 6.83. The van der Waals surface area contributed by atoms with Crippen LogP contribution in [-0.2, 0) is 13.6 Å². The van der Waals surface area contributed by atoms with Gasteiger partial charge in [-0.2, -0.15) is 0 Å². The molecule has 152 valence electrons. The summed E-state index contributed by atoms with van der Waals surface area (Å²) in [6.07, 6.45) is 1.82. The Hall–Kier alpha value is -3.09. The zero-order chi connectivity index (χ0) is 21.3. The van der Waals surface area contributed by atoms with Crippen LogP contribution in [0.1, 0.15) is 5.69 Å². The summed E-state index contributed by atoms with van der Waals surface area (Å²) in [6, 6.07) is 17.3. The molecule has 0 spiro atoms. The summed E-state index contributed by atoms with van der Waals surface area (Å²) < 4.78 is 5.53. The van der Waals surface area contributed by atoms with Crippen LogP contribution in [-0.4, -0.2) is 13.9 Å².